The van der Waals surface area contributed by atoms with E-state index in [4.69, 9.17) is 47.4 Å². The molecule has 0 saturated carbocycles. The number of aliphatic hydroxyl groups is 2. The number of carbonyl (C=O) groups excluding carboxylic acids is 4. The number of esters is 3. The third-order valence-electron chi connectivity index (χ3n) is 13.2. The molecule has 66 heavy (non-hydrogen) atoms. The van der Waals surface area contributed by atoms with E-state index in [1.54, 1.807) is 53.6 Å². The Labute approximate surface area is 391 Å². The summed E-state index contributed by atoms with van der Waals surface area (Å²) in [4.78, 5) is 54.4. The lowest BCUT2D eigenvalue weighted by molar-refractivity contribution is -0.344. The second-order valence-electron chi connectivity index (χ2n) is 19.2. The number of rotatable bonds is 14. The predicted octanol–water partition coefficient (Wildman–Crippen LogP) is 3.86. The van der Waals surface area contributed by atoms with Crippen molar-refractivity contribution in [2.45, 2.75) is 210 Å². The van der Waals surface area contributed by atoms with Crippen molar-refractivity contribution in [1.29, 1.82) is 0 Å². The highest BCUT2D eigenvalue weighted by atomic mass is 16.7. The first-order valence-corrected chi connectivity index (χ1v) is 23.6. The number of aldehydes is 1. The Bertz CT molecular complexity index is 1610. The molecule has 4 rings (SSSR count). The first-order chi connectivity index (χ1) is 31.1. The van der Waals surface area contributed by atoms with Crippen LogP contribution in [-0.2, 0) is 66.5 Å². The molecule has 0 radical (unpaired) electrons. The minimum absolute atomic E-state index is 0.00135. The van der Waals surface area contributed by atoms with Crippen LogP contribution in [0.2, 0.25) is 0 Å². The van der Waals surface area contributed by atoms with Crippen molar-refractivity contribution in [3.63, 3.8) is 0 Å². The zero-order chi connectivity index (χ0) is 49.0. The van der Waals surface area contributed by atoms with E-state index in [-0.39, 0.29) is 37.3 Å². The van der Waals surface area contributed by atoms with E-state index >= 15 is 0 Å². The summed E-state index contributed by atoms with van der Waals surface area (Å²) in [6.45, 7) is 13.9. The average molecular weight is 941 g/mol. The molecule has 0 amide bonds. The van der Waals surface area contributed by atoms with Gasteiger partial charge in [0, 0.05) is 45.8 Å². The molecule has 4 heterocycles. The second-order valence-corrected chi connectivity index (χ2v) is 19.2. The Morgan fingerprint density at radius 3 is 2.20 bits per heavy atom. The van der Waals surface area contributed by atoms with Crippen LogP contribution in [0.4, 0.5) is 0 Å². The van der Waals surface area contributed by atoms with Crippen LogP contribution < -0.4 is 0 Å². The van der Waals surface area contributed by atoms with Crippen molar-refractivity contribution < 1.29 is 76.8 Å². The maximum atomic E-state index is 13.2. The SMILES string of the molecule is CCC(=O)O[C@]1(C)C[C@H](O[C@H]2[C@H](N(C)C)[C@@H](O)[C@H](O[C@H]3C(CC=O)C[C@@H](C)[C@@H](O[C@H]4CC[C@@H](N(C)C)[C@@H](C)O4)/C=C/C=C/C[C@@H](C)OC(=O)C[C@@H](O)[C@@H]3OC)O[C@@H]2C)O[C@@H](C)[C@@H]1OC(C)=O. The lowest BCUT2D eigenvalue weighted by Gasteiger charge is -2.50. The Morgan fingerprint density at radius 1 is 0.894 bits per heavy atom. The summed E-state index contributed by atoms with van der Waals surface area (Å²) in [6, 6.07) is -0.542. The van der Waals surface area contributed by atoms with E-state index in [2.05, 4.69) is 4.90 Å². The van der Waals surface area contributed by atoms with Crippen LogP contribution in [0, 0.1) is 11.8 Å². The molecular weight excluding hydrogens is 861 g/mol. The molecule has 1 unspecified atom stereocenters. The minimum atomic E-state index is -1.45. The number of hydrogen-bond acceptors (Lipinski definition) is 18. The number of aliphatic hydroxyl groups excluding tert-OH is 2. The van der Waals surface area contributed by atoms with Crippen LogP contribution in [0.25, 0.3) is 0 Å². The topological polar surface area (TPSA) is 208 Å². The van der Waals surface area contributed by atoms with Crippen molar-refractivity contribution in [2.24, 2.45) is 11.8 Å². The van der Waals surface area contributed by atoms with Crippen LogP contribution in [0.1, 0.15) is 107 Å². The summed E-state index contributed by atoms with van der Waals surface area (Å²) in [7, 11) is 9.00. The van der Waals surface area contributed by atoms with Gasteiger partial charge in [-0.05, 0) is 93.9 Å². The van der Waals surface area contributed by atoms with Crippen molar-refractivity contribution in [2.75, 3.05) is 35.3 Å². The third-order valence-corrected chi connectivity index (χ3v) is 13.2. The van der Waals surface area contributed by atoms with Gasteiger partial charge in [0.05, 0.1) is 49.1 Å². The fourth-order valence-electron chi connectivity index (χ4n) is 9.91. The molecule has 0 bridgehead atoms. The number of nitrogens with zero attached hydrogens (tertiary/aromatic N) is 2. The summed E-state index contributed by atoms with van der Waals surface area (Å²) in [5, 5.41) is 24.0. The molecule has 3 fully saturated rings. The quantitative estimate of drug-likeness (QED) is 0.144. The lowest BCUT2D eigenvalue weighted by atomic mass is 9.82. The van der Waals surface area contributed by atoms with E-state index < -0.39 is 122 Å². The smallest absolute Gasteiger partial charge is 0.308 e. The molecule has 3 saturated heterocycles. The highest BCUT2D eigenvalue weighted by molar-refractivity contribution is 5.70. The maximum absolute atomic E-state index is 13.2. The molecule has 4 aliphatic rings. The van der Waals surface area contributed by atoms with Gasteiger partial charge in [0.1, 0.15) is 30.7 Å². The first-order valence-electron chi connectivity index (χ1n) is 23.6. The van der Waals surface area contributed by atoms with Crippen molar-refractivity contribution in [1.82, 2.24) is 9.80 Å². The van der Waals surface area contributed by atoms with Gasteiger partial charge in [-0.15, -0.1) is 0 Å². The second kappa shape index (κ2) is 25.6. The molecule has 18 nitrogen and oxygen atoms in total. The molecule has 0 aromatic rings. The molecule has 378 valence electrons. The Balaban J connectivity index is 1.67. The molecule has 0 aromatic heterocycles. The van der Waals surface area contributed by atoms with Gasteiger partial charge < -0.3 is 72.2 Å². The van der Waals surface area contributed by atoms with Crippen LogP contribution in [0.5, 0.6) is 0 Å². The van der Waals surface area contributed by atoms with Crippen molar-refractivity contribution >= 4 is 24.2 Å². The van der Waals surface area contributed by atoms with Gasteiger partial charge in [-0.3, -0.25) is 14.4 Å². The van der Waals surface area contributed by atoms with Gasteiger partial charge in [0.25, 0.3) is 0 Å². The predicted molar refractivity (Wildman–Crippen MR) is 241 cm³/mol. The van der Waals surface area contributed by atoms with Crippen LogP contribution in [-0.4, -0.2) is 183 Å². The standard InChI is InChI=1S/C48H80N2O16/c1-14-37(54)66-48(8)26-40(60-31(6)46(48)62-32(7)52)64-43-30(5)61-47(42(56)41(43)50(11)12)65-44-33(22-23-51)24-27(2)36(63-39-21-20-34(49(9)10)29(4)59-39)19-17-15-16-18-28(3)58-38(55)25-35(53)45(44)57-13/h15-17,19,23,27-31,33-36,39-47,53,56H,14,18,20-22,24-26H2,1-13H3/b16-15+,19-17+/t27-,28-,29-,30-,31+,33?,34-,35-,36+,39+,40+,41-,42-,43-,44+,45+,46+,47+,48-/m1/s1. The molecule has 19 atom stereocenters. The minimum Gasteiger partial charge on any atom is -0.462 e. The Morgan fingerprint density at radius 2 is 1.59 bits per heavy atom. The molecule has 4 aliphatic heterocycles. The summed E-state index contributed by atoms with van der Waals surface area (Å²) in [6.07, 6.45) is -1.91. The van der Waals surface area contributed by atoms with Gasteiger partial charge in [0.2, 0.25) is 0 Å². The van der Waals surface area contributed by atoms with E-state index in [0.717, 1.165) is 12.7 Å². The highest BCUT2D eigenvalue weighted by Crippen LogP contribution is 2.39. The third kappa shape index (κ3) is 15.1. The van der Waals surface area contributed by atoms with E-state index in [1.165, 1.54) is 14.0 Å². The number of hydrogen-bond donors (Lipinski definition) is 2. The van der Waals surface area contributed by atoms with Gasteiger partial charge in [-0.25, -0.2) is 0 Å². The Hall–Kier alpha value is -2.88. The summed E-state index contributed by atoms with van der Waals surface area (Å²) in [5.74, 6) is -2.59. The molecule has 2 N–H and O–H groups in total. The Kier molecular flexibility index (Phi) is 21.7. The normalized spacial score (nSPS) is 42.0. The van der Waals surface area contributed by atoms with Crippen LogP contribution >= 0.6 is 0 Å². The van der Waals surface area contributed by atoms with Gasteiger partial charge in [0.15, 0.2) is 30.6 Å². The maximum Gasteiger partial charge on any atom is 0.308 e. The number of likely N-dealkylation sites (N-methyl/N-ethyl adjacent to an activating group) is 2. The first kappa shape index (κ1) is 55.7. The van der Waals surface area contributed by atoms with Gasteiger partial charge in [-0.2, -0.15) is 0 Å². The zero-order valence-electron chi connectivity index (χ0n) is 41.4. The largest absolute Gasteiger partial charge is 0.462 e. The summed E-state index contributed by atoms with van der Waals surface area (Å²) < 4.78 is 62.3. The lowest BCUT2D eigenvalue weighted by Crippen LogP contribution is -2.66. The zero-order valence-corrected chi connectivity index (χ0v) is 41.4. The van der Waals surface area contributed by atoms with Gasteiger partial charge >= 0.3 is 17.9 Å². The molecule has 0 aliphatic carbocycles. The molecule has 0 spiro atoms. The van der Waals surface area contributed by atoms with E-state index in [1.807, 2.05) is 52.2 Å². The summed E-state index contributed by atoms with van der Waals surface area (Å²) >= 11 is 0. The van der Waals surface area contributed by atoms with E-state index in [0.29, 0.717) is 19.3 Å². The fourth-order valence-corrected chi connectivity index (χ4v) is 9.91. The number of ether oxygens (including phenoxy) is 10. The van der Waals surface area contributed by atoms with Crippen LogP contribution in [0.3, 0.4) is 0 Å². The van der Waals surface area contributed by atoms with Crippen LogP contribution in [0.15, 0.2) is 24.3 Å². The molecular formula is C48H80N2O16. The number of cyclic esters (lactones) is 1. The number of allylic oxidation sites excluding steroid dienone is 2. The fraction of sp³-hybridized carbons (Fsp3) is 0.833. The monoisotopic (exact) mass is 941 g/mol. The van der Waals surface area contributed by atoms with Crippen molar-refractivity contribution in [3.8, 4) is 0 Å². The number of carbonyl (C=O) groups is 4. The van der Waals surface area contributed by atoms with Crippen molar-refractivity contribution in [3.05, 3.63) is 24.3 Å². The average Bonchev–Trinajstić information content (AvgIpc) is 3.22. The van der Waals surface area contributed by atoms with Gasteiger partial charge in [-0.1, -0.05) is 38.2 Å². The highest BCUT2D eigenvalue weighted by Gasteiger charge is 2.54. The molecule has 18 heteroatoms. The molecule has 0 aromatic carbocycles. The number of methoxy groups -OCH3 is 1. The summed E-state index contributed by atoms with van der Waals surface area (Å²) in [5.41, 5.74) is -1.30. The van der Waals surface area contributed by atoms with E-state index in [9.17, 15) is 29.4 Å².